The monoisotopic (exact) mass is 720 g/mol. The SMILES string of the molecule is CO[C@H]1O[C@H](COC(c2ccccc2)(c2ccccc2)c2ccccc2)[C@@H]2OCc3ccccc3CO[C@@H]2[C@H]1OCc1ccccc1CBr. The average Bonchev–Trinajstić information content (AvgIpc) is 3.16. The largest absolute Gasteiger partial charge is 0.368 e. The van der Waals surface area contributed by atoms with Crippen LogP contribution in [-0.4, -0.2) is 44.4 Å². The topological polar surface area (TPSA) is 55.4 Å². The van der Waals surface area contributed by atoms with Gasteiger partial charge < -0.3 is 28.4 Å². The summed E-state index contributed by atoms with van der Waals surface area (Å²) in [6.45, 7) is 1.41. The second-order valence-electron chi connectivity index (χ2n) is 12.4. The summed E-state index contributed by atoms with van der Waals surface area (Å²) in [7, 11) is 1.65. The fourth-order valence-corrected chi connectivity index (χ4v) is 7.52. The number of ether oxygens (including phenoxy) is 6. The molecule has 1 fully saturated rings. The number of methoxy groups -OCH3 is 1. The summed E-state index contributed by atoms with van der Waals surface area (Å²) in [5, 5.41) is 0.731. The Balaban J connectivity index is 1.25. The van der Waals surface area contributed by atoms with Crippen molar-refractivity contribution in [2.75, 3.05) is 13.7 Å². The Morgan fingerprint density at radius 3 is 1.65 bits per heavy atom. The fourth-order valence-electron chi connectivity index (χ4n) is 6.97. The maximum atomic E-state index is 7.24. The molecule has 0 spiro atoms. The maximum Gasteiger partial charge on any atom is 0.186 e. The van der Waals surface area contributed by atoms with Gasteiger partial charge in [0.15, 0.2) is 6.29 Å². The number of hydrogen-bond acceptors (Lipinski definition) is 6. The fraction of sp³-hybridized carbons (Fsp3) is 0.286. The van der Waals surface area contributed by atoms with E-state index in [0.717, 1.165) is 38.7 Å². The van der Waals surface area contributed by atoms with E-state index in [4.69, 9.17) is 28.4 Å². The summed E-state index contributed by atoms with van der Waals surface area (Å²) in [4.78, 5) is 0. The molecule has 7 rings (SSSR count). The first-order valence-electron chi connectivity index (χ1n) is 16.7. The zero-order valence-electron chi connectivity index (χ0n) is 27.5. The molecule has 1 saturated heterocycles. The first-order chi connectivity index (χ1) is 24.2. The molecule has 5 aromatic carbocycles. The number of halogens is 1. The van der Waals surface area contributed by atoms with E-state index in [1.54, 1.807) is 7.11 Å². The van der Waals surface area contributed by atoms with Crippen LogP contribution < -0.4 is 0 Å². The van der Waals surface area contributed by atoms with Crippen molar-refractivity contribution in [1.82, 2.24) is 0 Å². The van der Waals surface area contributed by atoms with Gasteiger partial charge in [-0.1, -0.05) is 155 Å². The van der Waals surface area contributed by atoms with Crippen LogP contribution in [0.3, 0.4) is 0 Å². The average molecular weight is 722 g/mol. The highest BCUT2D eigenvalue weighted by atomic mass is 79.9. The van der Waals surface area contributed by atoms with Crippen LogP contribution in [0.1, 0.15) is 38.9 Å². The first kappa shape index (κ1) is 33.8. The van der Waals surface area contributed by atoms with Crippen LogP contribution in [0.4, 0.5) is 0 Å². The van der Waals surface area contributed by atoms with Gasteiger partial charge in [-0.3, -0.25) is 0 Å². The molecule has 2 aliphatic heterocycles. The second-order valence-corrected chi connectivity index (χ2v) is 12.9. The third kappa shape index (κ3) is 7.16. The Bertz CT molecular complexity index is 1670. The molecule has 5 atom stereocenters. The third-order valence-electron chi connectivity index (χ3n) is 9.50. The molecule has 0 aliphatic carbocycles. The minimum absolute atomic E-state index is 0.198. The Morgan fingerprint density at radius 2 is 1.12 bits per heavy atom. The molecule has 0 bridgehead atoms. The Morgan fingerprint density at radius 1 is 0.633 bits per heavy atom. The molecule has 252 valence electrons. The molecule has 0 radical (unpaired) electrons. The standard InChI is InChI=1S/C42H41BrO6/c1-44-41-40(47-26-31-16-12-11-15-30(31)25-43)39-38(45-27-32-17-13-14-18-33(32)28-46-39)37(49-41)29-48-42(34-19-5-2-6-20-34,35-21-7-3-8-22-35)36-23-9-4-10-24-36/h2-24,37-41H,25-29H2,1H3/t37-,38+,39+,40-,41+/m1/s1. The van der Waals surface area contributed by atoms with Gasteiger partial charge in [0.2, 0.25) is 0 Å². The van der Waals surface area contributed by atoms with Gasteiger partial charge in [-0.15, -0.1) is 0 Å². The Kier molecular flexibility index (Phi) is 11.0. The summed E-state index contributed by atoms with van der Waals surface area (Å²) in [6.07, 6.45) is -2.80. The molecular weight excluding hydrogens is 680 g/mol. The van der Waals surface area contributed by atoms with E-state index in [0.29, 0.717) is 19.8 Å². The van der Waals surface area contributed by atoms with E-state index in [1.165, 1.54) is 5.56 Å². The van der Waals surface area contributed by atoms with E-state index in [9.17, 15) is 0 Å². The number of alkyl halides is 1. The Labute approximate surface area is 297 Å². The molecule has 6 nitrogen and oxygen atoms in total. The summed E-state index contributed by atoms with van der Waals surface area (Å²) in [5.74, 6) is 0. The minimum Gasteiger partial charge on any atom is -0.368 e. The normalized spacial score (nSPS) is 22.4. The highest BCUT2D eigenvalue weighted by Crippen LogP contribution is 2.42. The maximum absolute atomic E-state index is 7.24. The summed E-state index contributed by atoms with van der Waals surface area (Å²) in [5.41, 5.74) is 6.55. The zero-order chi connectivity index (χ0) is 33.5. The van der Waals surface area contributed by atoms with Crippen molar-refractivity contribution in [3.63, 3.8) is 0 Å². The highest BCUT2D eigenvalue weighted by molar-refractivity contribution is 9.08. The molecule has 0 aromatic heterocycles. The molecule has 2 aliphatic rings. The van der Waals surface area contributed by atoms with Crippen LogP contribution in [0, 0.1) is 0 Å². The van der Waals surface area contributed by atoms with E-state index in [1.807, 2.05) is 78.9 Å². The first-order valence-corrected chi connectivity index (χ1v) is 17.9. The van der Waals surface area contributed by atoms with Crippen molar-refractivity contribution in [3.05, 3.63) is 178 Å². The molecule has 5 aromatic rings. The van der Waals surface area contributed by atoms with E-state index < -0.39 is 36.3 Å². The predicted molar refractivity (Wildman–Crippen MR) is 192 cm³/mol. The zero-order valence-corrected chi connectivity index (χ0v) is 29.1. The summed E-state index contributed by atoms with van der Waals surface area (Å²) >= 11 is 3.62. The van der Waals surface area contributed by atoms with Gasteiger partial charge in [-0.2, -0.15) is 0 Å². The van der Waals surface area contributed by atoms with Crippen LogP contribution in [0.15, 0.2) is 140 Å². The minimum atomic E-state index is -0.924. The van der Waals surface area contributed by atoms with Crippen molar-refractivity contribution < 1.29 is 28.4 Å². The molecular formula is C42H41BrO6. The Hall–Kier alpha value is -3.66. The molecule has 49 heavy (non-hydrogen) atoms. The van der Waals surface area contributed by atoms with Crippen molar-refractivity contribution in [3.8, 4) is 0 Å². The van der Waals surface area contributed by atoms with Gasteiger partial charge >= 0.3 is 0 Å². The van der Waals surface area contributed by atoms with Crippen molar-refractivity contribution in [2.24, 2.45) is 0 Å². The molecule has 0 amide bonds. The lowest BCUT2D eigenvalue weighted by Gasteiger charge is -2.47. The van der Waals surface area contributed by atoms with Gasteiger partial charge in [0.05, 0.1) is 26.4 Å². The summed E-state index contributed by atoms with van der Waals surface area (Å²) < 4.78 is 40.2. The van der Waals surface area contributed by atoms with E-state index in [2.05, 4.69) is 76.6 Å². The van der Waals surface area contributed by atoms with Crippen molar-refractivity contribution in [1.29, 1.82) is 0 Å². The summed E-state index contributed by atoms with van der Waals surface area (Å²) in [6, 6.07) is 47.5. The van der Waals surface area contributed by atoms with Gasteiger partial charge in [-0.25, -0.2) is 0 Å². The van der Waals surface area contributed by atoms with Gasteiger partial charge in [0.1, 0.15) is 30.0 Å². The number of fused-ring (bicyclic) bond motifs is 2. The van der Waals surface area contributed by atoms with Crippen LogP contribution in [0.25, 0.3) is 0 Å². The number of hydrogen-bond donors (Lipinski definition) is 0. The van der Waals surface area contributed by atoms with Crippen molar-refractivity contribution >= 4 is 15.9 Å². The quantitative estimate of drug-likeness (QED) is 0.101. The number of benzene rings is 5. The van der Waals surface area contributed by atoms with Gasteiger partial charge in [-0.05, 0) is 38.9 Å². The molecule has 7 heteroatoms. The number of rotatable bonds is 11. The third-order valence-corrected chi connectivity index (χ3v) is 10.1. The lowest BCUT2D eigenvalue weighted by atomic mass is 9.80. The van der Waals surface area contributed by atoms with Crippen LogP contribution in [0.5, 0.6) is 0 Å². The van der Waals surface area contributed by atoms with Gasteiger partial charge in [0.25, 0.3) is 0 Å². The van der Waals surface area contributed by atoms with Crippen LogP contribution in [0.2, 0.25) is 0 Å². The molecule has 0 saturated carbocycles. The predicted octanol–water partition coefficient (Wildman–Crippen LogP) is 8.33. The van der Waals surface area contributed by atoms with Crippen molar-refractivity contribution in [2.45, 2.75) is 61.5 Å². The second kappa shape index (κ2) is 15.9. The highest BCUT2D eigenvalue weighted by Gasteiger charge is 2.50. The smallest absolute Gasteiger partial charge is 0.186 e. The van der Waals surface area contributed by atoms with Crippen LogP contribution in [-0.2, 0) is 59.2 Å². The molecule has 2 heterocycles. The van der Waals surface area contributed by atoms with E-state index >= 15 is 0 Å². The molecule has 0 unspecified atom stereocenters. The molecule has 0 N–H and O–H groups in total. The lowest BCUT2D eigenvalue weighted by Crippen LogP contribution is -2.62. The van der Waals surface area contributed by atoms with Crippen LogP contribution >= 0.6 is 15.9 Å². The van der Waals surface area contributed by atoms with Gasteiger partial charge in [0, 0.05) is 12.4 Å². The lowest BCUT2D eigenvalue weighted by molar-refractivity contribution is -0.326. The van der Waals surface area contributed by atoms with E-state index in [-0.39, 0.29) is 6.61 Å².